The van der Waals surface area contributed by atoms with Crippen LogP contribution in [-0.4, -0.2) is 22.5 Å². The SMILES string of the molecule is COc1ccc([N+](=O)[O-])cc1NC(=O)c1cccn(Cc2cccc(C)c2)c1=O. The largest absolute Gasteiger partial charge is 0.495 e. The summed E-state index contributed by atoms with van der Waals surface area (Å²) < 4.78 is 6.58. The summed E-state index contributed by atoms with van der Waals surface area (Å²) in [5, 5.41) is 13.5. The van der Waals surface area contributed by atoms with Gasteiger partial charge in [-0.25, -0.2) is 0 Å². The number of hydrogen-bond donors (Lipinski definition) is 1. The molecule has 0 aliphatic rings. The second-order valence-corrected chi connectivity index (χ2v) is 6.44. The highest BCUT2D eigenvalue weighted by Crippen LogP contribution is 2.29. The summed E-state index contributed by atoms with van der Waals surface area (Å²) in [5.74, 6) is -0.424. The number of nitro benzene ring substituents is 1. The molecule has 0 aliphatic heterocycles. The molecule has 0 fully saturated rings. The minimum Gasteiger partial charge on any atom is -0.495 e. The van der Waals surface area contributed by atoms with Crippen LogP contribution in [-0.2, 0) is 6.54 Å². The number of nitrogens with zero attached hydrogens (tertiary/aromatic N) is 2. The van der Waals surface area contributed by atoms with Gasteiger partial charge in [0.05, 0.1) is 24.3 Å². The first kappa shape index (κ1) is 19.8. The minimum atomic E-state index is -0.674. The lowest BCUT2D eigenvalue weighted by atomic mass is 10.1. The lowest BCUT2D eigenvalue weighted by Crippen LogP contribution is -2.29. The number of ether oxygens (including phenoxy) is 1. The molecule has 0 atom stereocenters. The van der Waals surface area contributed by atoms with Gasteiger partial charge < -0.3 is 14.6 Å². The fraction of sp³-hybridized carbons (Fsp3) is 0.143. The van der Waals surface area contributed by atoms with Crippen LogP contribution in [0.15, 0.2) is 65.6 Å². The molecule has 0 bridgehead atoms. The number of amides is 1. The number of nitro groups is 1. The number of carbonyl (C=O) groups excluding carboxylic acids is 1. The van der Waals surface area contributed by atoms with Crippen LogP contribution in [0, 0.1) is 17.0 Å². The van der Waals surface area contributed by atoms with Gasteiger partial charge in [-0.05, 0) is 30.7 Å². The Balaban J connectivity index is 1.90. The van der Waals surface area contributed by atoms with E-state index in [1.54, 1.807) is 12.3 Å². The average molecular weight is 393 g/mol. The molecule has 3 aromatic rings. The predicted octanol–water partition coefficient (Wildman–Crippen LogP) is 3.37. The summed E-state index contributed by atoms with van der Waals surface area (Å²) in [5.41, 5.74) is 1.38. The van der Waals surface area contributed by atoms with E-state index >= 15 is 0 Å². The molecule has 29 heavy (non-hydrogen) atoms. The fourth-order valence-corrected chi connectivity index (χ4v) is 2.94. The molecule has 8 heteroatoms. The van der Waals surface area contributed by atoms with E-state index in [1.807, 2.05) is 31.2 Å². The third kappa shape index (κ3) is 4.49. The van der Waals surface area contributed by atoms with E-state index in [4.69, 9.17) is 4.74 Å². The lowest BCUT2D eigenvalue weighted by molar-refractivity contribution is -0.384. The van der Waals surface area contributed by atoms with Crippen molar-refractivity contribution >= 4 is 17.3 Å². The second-order valence-electron chi connectivity index (χ2n) is 6.44. The smallest absolute Gasteiger partial charge is 0.271 e. The zero-order valence-corrected chi connectivity index (χ0v) is 15.9. The average Bonchev–Trinajstić information content (AvgIpc) is 2.69. The number of carbonyl (C=O) groups is 1. The van der Waals surface area contributed by atoms with Gasteiger partial charge in [-0.2, -0.15) is 0 Å². The summed E-state index contributed by atoms with van der Waals surface area (Å²) in [4.78, 5) is 35.9. The van der Waals surface area contributed by atoms with E-state index in [9.17, 15) is 19.7 Å². The molecule has 0 saturated heterocycles. The van der Waals surface area contributed by atoms with Crippen molar-refractivity contribution in [1.29, 1.82) is 0 Å². The summed E-state index contributed by atoms with van der Waals surface area (Å²) in [6.45, 7) is 2.28. The number of rotatable bonds is 6. The number of nitrogens with one attached hydrogen (secondary N) is 1. The maximum absolute atomic E-state index is 12.8. The van der Waals surface area contributed by atoms with Crippen molar-refractivity contribution < 1.29 is 14.5 Å². The van der Waals surface area contributed by atoms with Gasteiger partial charge in [-0.1, -0.05) is 29.8 Å². The number of benzene rings is 2. The zero-order chi connectivity index (χ0) is 21.0. The number of non-ortho nitro benzene ring substituents is 1. The molecule has 1 amide bonds. The molecule has 1 N–H and O–H groups in total. The fourth-order valence-electron chi connectivity index (χ4n) is 2.94. The Morgan fingerprint density at radius 1 is 1.17 bits per heavy atom. The number of hydrogen-bond acceptors (Lipinski definition) is 5. The van der Waals surface area contributed by atoms with Crippen LogP contribution in [0.25, 0.3) is 0 Å². The van der Waals surface area contributed by atoms with Crippen LogP contribution >= 0.6 is 0 Å². The minimum absolute atomic E-state index is 0.0753. The Labute approximate surface area is 166 Å². The van der Waals surface area contributed by atoms with E-state index in [0.29, 0.717) is 6.54 Å². The topological polar surface area (TPSA) is 103 Å². The van der Waals surface area contributed by atoms with Crippen molar-refractivity contribution in [3.63, 3.8) is 0 Å². The van der Waals surface area contributed by atoms with Crippen molar-refractivity contribution in [3.05, 3.63) is 98.0 Å². The molecule has 0 saturated carbocycles. The summed E-state index contributed by atoms with van der Waals surface area (Å²) in [6, 6.07) is 14.6. The first-order valence-corrected chi connectivity index (χ1v) is 8.78. The van der Waals surface area contributed by atoms with Crippen molar-refractivity contribution in [2.24, 2.45) is 0 Å². The molecule has 1 heterocycles. The second kappa shape index (κ2) is 8.39. The van der Waals surface area contributed by atoms with E-state index in [0.717, 1.165) is 11.1 Å². The van der Waals surface area contributed by atoms with Crippen LogP contribution in [0.2, 0.25) is 0 Å². The van der Waals surface area contributed by atoms with Gasteiger partial charge in [0.2, 0.25) is 0 Å². The van der Waals surface area contributed by atoms with Gasteiger partial charge in [-0.3, -0.25) is 19.7 Å². The van der Waals surface area contributed by atoms with Crippen LogP contribution in [0.5, 0.6) is 5.75 Å². The van der Waals surface area contributed by atoms with E-state index in [1.165, 1.54) is 35.9 Å². The number of aromatic nitrogens is 1. The Kier molecular flexibility index (Phi) is 5.73. The monoisotopic (exact) mass is 393 g/mol. The summed E-state index contributed by atoms with van der Waals surface area (Å²) in [6.07, 6.45) is 1.61. The maximum atomic E-state index is 12.8. The van der Waals surface area contributed by atoms with Gasteiger partial charge in [0, 0.05) is 18.3 Å². The van der Waals surface area contributed by atoms with Gasteiger partial charge >= 0.3 is 0 Å². The zero-order valence-electron chi connectivity index (χ0n) is 15.9. The molecule has 3 rings (SSSR count). The first-order valence-electron chi connectivity index (χ1n) is 8.78. The van der Waals surface area contributed by atoms with Crippen LogP contribution in [0.1, 0.15) is 21.5 Å². The molecule has 0 aliphatic carbocycles. The molecule has 8 nitrogen and oxygen atoms in total. The normalized spacial score (nSPS) is 10.4. The third-order valence-corrected chi connectivity index (χ3v) is 4.34. The predicted molar refractivity (Wildman–Crippen MR) is 109 cm³/mol. The summed E-state index contributed by atoms with van der Waals surface area (Å²) in [7, 11) is 1.38. The molecular weight excluding hydrogens is 374 g/mol. The van der Waals surface area contributed by atoms with E-state index < -0.39 is 16.4 Å². The Morgan fingerprint density at radius 2 is 1.97 bits per heavy atom. The van der Waals surface area contributed by atoms with Crippen LogP contribution in [0.4, 0.5) is 11.4 Å². The Hall–Kier alpha value is -3.94. The highest BCUT2D eigenvalue weighted by Gasteiger charge is 2.17. The molecule has 0 radical (unpaired) electrons. The molecule has 2 aromatic carbocycles. The lowest BCUT2D eigenvalue weighted by Gasteiger charge is -2.11. The summed E-state index contributed by atoms with van der Waals surface area (Å²) >= 11 is 0. The van der Waals surface area contributed by atoms with Gasteiger partial charge in [0.15, 0.2) is 0 Å². The van der Waals surface area contributed by atoms with Crippen molar-refractivity contribution in [2.45, 2.75) is 13.5 Å². The number of methoxy groups -OCH3 is 1. The van der Waals surface area contributed by atoms with E-state index in [-0.39, 0.29) is 22.7 Å². The van der Waals surface area contributed by atoms with Crippen molar-refractivity contribution in [3.8, 4) is 5.75 Å². The number of anilines is 1. The number of aryl methyl sites for hydroxylation is 1. The quantitative estimate of drug-likeness (QED) is 0.511. The Morgan fingerprint density at radius 3 is 2.66 bits per heavy atom. The van der Waals surface area contributed by atoms with Crippen LogP contribution in [0.3, 0.4) is 0 Å². The van der Waals surface area contributed by atoms with Crippen LogP contribution < -0.4 is 15.6 Å². The van der Waals surface area contributed by atoms with Gasteiger partial charge in [-0.15, -0.1) is 0 Å². The molecule has 148 valence electrons. The standard InChI is InChI=1S/C21H19N3O5/c1-14-5-3-6-15(11-14)13-23-10-4-7-17(21(23)26)20(25)22-18-12-16(24(27)28)8-9-19(18)29-2/h3-12H,13H2,1-2H3,(H,22,25). The highest BCUT2D eigenvalue weighted by atomic mass is 16.6. The maximum Gasteiger partial charge on any atom is 0.271 e. The number of pyridine rings is 1. The third-order valence-electron chi connectivity index (χ3n) is 4.34. The van der Waals surface area contributed by atoms with Crippen molar-refractivity contribution in [1.82, 2.24) is 4.57 Å². The van der Waals surface area contributed by atoms with Gasteiger partial charge in [0.1, 0.15) is 11.3 Å². The Bertz CT molecular complexity index is 1140. The molecule has 0 spiro atoms. The van der Waals surface area contributed by atoms with Gasteiger partial charge in [0.25, 0.3) is 17.2 Å². The molecule has 0 unspecified atom stereocenters. The highest BCUT2D eigenvalue weighted by molar-refractivity contribution is 6.05. The molecule has 1 aromatic heterocycles. The first-order chi connectivity index (χ1) is 13.9. The van der Waals surface area contributed by atoms with E-state index in [2.05, 4.69) is 5.32 Å². The molecular formula is C21H19N3O5. The van der Waals surface area contributed by atoms with Crippen molar-refractivity contribution in [2.75, 3.05) is 12.4 Å².